The molecular weight excluding hydrogens is 413 g/mol. The summed E-state index contributed by atoms with van der Waals surface area (Å²) >= 11 is 17.8. The molecule has 10 heteroatoms. The van der Waals surface area contributed by atoms with Crippen molar-refractivity contribution >= 4 is 56.5 Å². The molecule has 1 N–H and O–H groups in total. The predicted molar refractivity (Wildman–Crippen MR) is 96.2 cm³/mol. The Kier molecular flexibility index (Phi) is 6.40. The second kappa shape index (κ2) is 8.14. The number of hydrogen-bond acceptors (Lipinski definition) is 5. The molecule has 0 radical (unpaired) electrons. The standard InChI is InChI=1S/C15H12Cl3NO5S/c1-23-15(20)8-24-14-5-3-10(7-12(14)18)25(21,22)19-13-6-9(16)2-4-11(13)17/h2-7,19H,8H2,1H3. The maximum atomic E-state index is 12.5. The van der Waals surface area contributed by atoms with E-state index in [2.05, 4.69) is 9.46 Å². The zero-order chi connectivity index (χ0) is 18.6. The second-order valence-electron chi connectivity index (χ2n) is 4.69. The lowest BCUT2D eigenvalue weighted by molar-refractivity contribution is -0.142. The molecule has 0 heterocycles. The molecule has 0 amide bonds. The molecule has 2 rings (SSSR count). The molecule has 2 aromatic rings. The molecule has 134 valence electrons. The van der Waals surface area contributed by atoms with Crippen LogP contribution >= 0.6 is 34.8 Å². The zero-order valence-corrected chi connectivity index (χ0v) is 15.8. The molecule has 0 aliphatic rings. The van der Waals surface area contributed by atoms with Gasteiger partial charge in [-0.25, -0.2) is 13.2 Å². The normalized spacial score (nSPS) is 11.0. The van der Waals surface area contributed by atoms with E-state index in [1.807, 2.05) is 0 Å². The number of esters is 1. The smallest absolute Gasteiger partial charge is 0.343 e. The van der Waals surface area contributed by atoms with Gasteiger partial charge in [-0.3, -0.25) is 4.72 Å². The van der Waals surface area contributed by atoms with E-state index in [1.54, 1.807) is 0 Å². The molecule has 25 heavy (non-hydrogen) atoms. The molecular formula is C15H12Cl3NO5S. The summed E-state index contributed by atoms with van der Waals surface area (Å²) in [6.07, 6.45) is 0. The first-order valence-corrected chi connectivity index (χ1v) is 9.31. The van der Waals surface area contributed by atoms with Crippen molar-refractivity contribution in [1.29, 1.82) is 0 Å². The molecule has 0 aromatic heterocycles. The number of methoxy groups -OCH3 is 1. The van der Waals surface area contributed by atoms with Crippen molar-refractivity contribution in [2.75, 3.05) is 18.4 Å². The van der Waals surface area contributed by atoms with Gasteiger partial charge in [-0.1, -0.05) is 34.8 Å². The van der Waals surface area contributed by atoms with E-state index in [0.29, 0.717) is 5.02 Å². The van der Waals surface area contributed by atoms with Crippen molar-refractivity contribution in [3.05, 3.63) is 51.5 Å². The molecule has 0 fully saturated rings. The Bertz CT molecular complexity index is 902. The van der Waals surface area contributed by atoms with E-state index in [1.165, 1.54) is 43.5 Å². The summed E-state index contributed by atoms with van der Waals surface area (Å²) in [4.78, 5) is 11.0. The van der Waals surface area contributed by atoms with Gasteiger partial charge in [0, 0.05) is 5.02 Å². The molecule has 0 aliphatic heterocycles. The lowest BCUT2D eigenvalue weighted by atomic mass is 10.3. The van der Waals surface area contributed by atoms with Crippen LogP contribution in [0.2, 0.25) is 15.1 Å². The molecule has 0 aliphatic carbocycles. The highest BCUT2D eigenvalue weighted by Gasteiger charge is 2.18. The van der Waals surface area contributed by atoms with Gasteiger partial charge in [0.05, 0.1) is 27.7 Å². The van der Waals surface area contributed by atoms with Gasteiger partial charge in [-0.05, 0) is 36.4 Å². The van der Waals surface area contributed by atoms with Crippen LogP contribution in [0.15, 0.2) is 41.3 Å². The van der Waals surface area contributed by atoms with Gasteiger partial charge in [0.1, 0.15) is 5.75 Å². The highest BCUT2D eigenvalue weighted by molar-refractivity contribution is 7.92. The monoisotopic (exact) mass is 423 g/mol. The number of carbonyl (C=O) groups is 1. The number of nitrogens with one attached hydrogen (secondary N) is 1. The van der Waals surface area contributed by atoms with Crippen LogP contribution in [0.4, 0.5) is 5.69 Å². The van der Waals surface area contributed by atoms with Gasteiger partial charge in [0.15, 0.2) is 6.61 Å². The summed E-state index contributed by atoms with van der Waals surface area (Å²) in [7, 11) is -2.73. The maximum absolute atomic E-state index is 12.5. The van der Waals surface area contributed by atoms with Crippen LogP contribution in [0.1, 0.15) is 0 Å². The highest BCUT2D eigenvalue weighted by atomic mass is 35.5. The van der Waals surface area contributed by atoms with Gasteiger partial charge in [0.25, 0.3) is 10.0 Å². The minimum atomic E-state index is -3.95. The number of carbonyl (C=O) groups excluding carboxylic acids is 1. The van der Waals surface area contributed by atoms with E-state index in [9.17, 15) is 13.2 Å². The summed E-state index contributed by atoms with van der Waals surface area (Å²) in [6.45, 7) is -0.349. The molecule has 0 atom stereocenters. The van der Waals surface area contributed by atoms with Crippen molar-refractivity contribution < 1.29 is 22.7 Å². The van der Waals surface area contributed by atoms with E-state index < -0.39 is 16.0 Å². The van der Waals surface area contributed by atoms with Crippen LogP contribution in [0, 0.1) is 0 Å². The van der Waals surface area contributed by atoms with Crippen molar-refractivity contribution in [2.24, 2.45) is 0 Å². The molecule has 0 saturated carbocycles. The number of benzene rings is 2. The molecule has 6 nitrogen and oxygen atoms in total. The Hall–Kier alpha value is -1.67. The zero-order valence-electron chi connectivity index (χ0n) is 12.8. The average molecular weight is 425 g/mol. The Morgan fingerprint density at radius 3 is 2.44 bits per heavy atom. The van der Waals surface area contributed by atoms with E-state index in [4.69, 9.17) is 39.5 Å². The fourth-order valence-electron chi connectivity index (χ4n) is 1.74. The topological polar surface area (TPSA) is 81.7 Å². The second-order valence-corrected chi connectivity index (χ2v) is 7.62. The SMILES string of the molecule is COC(=O)COc1ccc(S(=O)(=O)Nc2cc(Cl)ccc2Cl)cc1Cl. The lowest BCUT2D eigenvalue weighted by Gasteiger charge is -2.12. The van der Waals surface area contributed by atoms with Crippen LogP contribution in [0.25, 0.3) is 0 Å². The van der Waals surface area contributed by atoms with Crippen LogP contribution < -0.4 is 9.46 Å². The van der Waals surface area contributed by atoms with Gasteiger partial charge in [-0.2, -0.15) is 0 Å². The van der Waals surface area contributed by atoms with Crippen LogP contribution in [-0.2, 0) is 19.6 Å². The third-order valence-electron chi connectivity index (χ3n) is 2.96. The summed E-state index contributed by atoms with van der Waals surface area (Å²) in [5, 5.41) is 0.535. The largest absolute Gasteiger partial charge is 0.480 e. The minimum absolute atomic E-state index is 0.0176. The average Bonchev–Trinajstić information content (AvgIpc) is 2.56. The van der Waals surface area contributed by atoms with E-state index >= 15 is 0 Å². The predicted octanol–water partition coefficient (Wildman–Crippen LogP) is 4.00. The quantitative estimate of drug-likeness (QED) is 0.709. The highest BCUT2D eigenvalue weighted by Crippen LogP contribution is 2.31. The Morgan fingerprint density at radius 2 is 1.80 bits per heavy atom. The lowest BCUT2D eigenvalue weighted by Crippen LogP contribution is -2.14. The number of rotatable bonds is 6. The summed E-state index contributed by atoms with van der Waals surface area (Å²) in [6, 6.07) is 8.19. The summed E-state index contributed by atoms with van der Waals surface area (Å²) in [5.74, 6) is -0.447. The third-order valence-corrected chi connectivity index (χ3v) is 5.18. The number of halogens is 3. The van der Waals surface area contributed by atoms with E-state index in [0.717, 1.165) is 0 Å². The third kappa shape index (κ3) is 5.15. The molecule has 0 saturated heterocycles. The number of sulfonamides is 1. The van der Waals surface area contributed by atoms with Gasteiger partial charge in [-0.15, -0.1) is 0 Å². The molecule has 0 unspecified atom stereocenters. The molecule has 2 aromatic carbocycles. The van der Waals surface area contributed by atoms with Gasteiger partial charge < -0.3 is 9.47 Å². The Balaban J connectivity index is 2.23. The van der Waals surface area contributed by atoms with Crippen LogP contribution in [-0.4, -0.2) is 28.1 Å². The first-order chi connectivity index (χ1) is 11.7. The maximum Gasteiger partial charge on any atom is 0.343 e. The Morgan fingerprint density at radius 1 is 1.08 bits per heavy atom. The first kappa shape index (κ1) is 19.7. The first-order valence-electron chi connectivity index (χ1n) is 6.70. The summed E-state index contributed by atoms with van der Waals surface area (Å²) < 4.78 is 36.8. The van der Waals surface area contributed by atoms with Gasteiger partial charge >= 0.3 is 5.97 Å². The molecule has 0 spiro atoms. The Labute approximate surface area is 159 Å². The fraction of sp³-hybridized carbons (Fsp3) is 0.133. The van der Waals surface area contributed by atoms with Crippen molar-refractivity contribution in [3.63, 3.8) is 0 Å². The van der Waals surface area contributed by atoms with Crippen molar-refractivity contribution in [3.8, 4) is 5.75 Å². The number of ether oxygens (including phenoxy) is 2. The number of anilines is 1. The summed E-state index contributed by atoms with van der Waals surface area (Å²) in [5.41, 5.74) is 0.135. The van der Waals surface area contributed by atoms with E-state index in [-0.39, 0.29) is 33.0 Å². The fourth-order valence-corrected chi connectivity index (χ4v) is 3.53. The number of hydrogen-bond donors (Lipinski definition) is 1. The minimum Gasteiger partial charge on any atom is -0.480 e. The van der Waals surface area contributed by atoms with Gasteiger partial charge in [0.2, 0.25) is 0 Å². The van der Waals surface area contributed by atoms with Crippen LogP contribution in [0.3, 0.4) is 0 Å². The molecule has 0 bridgehead atoms. The van der Waals surface area contributed by atoms with Crippen LogP contribution in [0.5, 0.6) is 5.75 Å². The van der Waals surface area contributed by atoms with Crippen molar-refractivity contribution in [2.45, 2.75) is 4.90 Å². The van der Waals surface area contributed by atoms with Crippen molar-refractivity contribution in [1.82, 2.24) is 0 Å².